The molecule has 0 atom stereocenters. The molecule has 0 aliphatic heterocycles. The Morgan fingerprint density at radius 2 is 0.870 bits per heavy atom. The van der Waals surface area contributed by atoms with Gasteiger partial charge in [0.25, 0.3) is 0 Å². The molecule has 5 aromatic heterocycles. The number of hydrogen-bond acceptors (Lipinski definition) is 5. The van der Waals surface area contributed by atoms with E-state index in [1.54, 1.807) is 6.08 Å². The van der Waals surface area contributed by atoms with Gasteiger partial charge in [-0.3, -0.25) is 24.9 Å². The summed E-state index contributed by atoms with van der Waals surface area (Å²) in [6.07, 6.45) is 16.3. The van der Waals surface area contributed by atoms with Crippen molar-refractivity contribution >= 4 is 0 Å². The van der Waals surface area contributed by atoms with Crippen LogP contribution < -0.4 is 0 Å². The Morgan fingerprint density at radius 1 is 0.565 bits per heavy atom. The SMILES string of the molecule is CC(/C=C\[NH-])=C/Cc1cc(C)ccn1.CCC.Cc1ccnc(-c2cc(C)ccn2)c1.Cc1ccnc(-c2cc(C)ccn2)c1.[Ru+]. The van der Waals surface area contributed by atoms with Gasteiger partial charge in [-0.1, -0.05) is 38.0 Å². The summed E-state index contributed by atoms with van der Waals surface area (Å²) in [6.45, 7) is 16.5. The van der Waals surface area contributed by atoms with Crippen LogP contribution in [0.25, 0.3) is 28.5 Å². The molecule has 7 heteroatoms. The molecular formula is C39H47N6Ru. The van der Waals surface area contributed by atoms with Crippen LogP contribution in [0.4, 0.5) is 0 Å². The normalized spacial score (nSPS) is 10.3. The first-order valence-electron chi connectivity index (χ1n) is 15.3. The van der Waals surface area contributed by atoms with E-state index in [1.807, 2.05) is 92.5 Å². The molecule has 241 valence electrons. The Hall–Kier alpha value is -4.35. The summed E-state index contributed by atoms with van der Waals surface area (Å²) in [7, 11) is 0. The van der Waals surface area contributed by atoms with Crippen LogP contribution in [0.3, 0.4) is 0 Å². The van der Waals surface area contributed by atoms with Gasteiger partial charge in [-0.05, 0) is 130 Å². The van der Waals surface area contributed by atoms with E-state index in [1.165, 1.54) is 40.4 Å². The number of pyridine rings is 5. The molecular weight excluding hydrogens is 654 g/mol. The molecule has 0 saturated heterocycles. The minimum Gasteiger partial charge on any atom is -0.705 e. The van der Waals surface area contributed by atoms with Gasteiger partial charge >= 0.3 is 19.5 Å². The van der Waals surface area contributed by atoms with E-state index in [0.717, 1.165) is 40.5 Å². The second kappa shape index (κ2) is 22.2. The van der Waals surface area contributed by atoms with Crippen LogP contribution in [-0.4, -0.2) is 24.9 Å². The molecule has 0 fully saturated rings. The molecule has 46 heavy (non-hydrogen) atoms. The van der Waals surface area contributed by atoms with E-state index in [0.29, 0.717) is 0 Å². The third-order valence-electron chi connectivity index (χ3n) is 6.14. The third kappa shape index (κ3) is 15.6. The smallest absolute Gasteiger partial charge is 0.705 e. The fourth-order valence-corrected chi connectivity index (χ4v) is 3.88. The summed E-state index contributed by atoms with van der Waals surface area (Å²) in [5.74, 6) is 0. The third-order valence-corrected chi connectivity index (χ3v) is 6.14. The van der Waals surface area contributed by atoms with Gasteiger partial charge in [0, 0.05) is 43.1 Å². The fraction of sp³-hybridized carbons (Fsp3) is 0.256. The molecule has 5 rings (SSSR count). The maximum atomic E-state index is 6.91. The minimum atomic E-state index is 0. The molecule has 0 aliphatic rings. The summed E-state index contributed by atoms with van der Waals surface area (Å²) in [6, 6.07) is 20.2. The first-order valence-corrected chi connectivity index (χ1v) is 15.3. The van der Waals surface area contributed by atoms with E-state index >= 15 is 0 Å². The van der Waals surface area contributed by atoms with Crippen LogP contribution in [0.2, 0.25) is 0 Å². The summed E-state index contributed by atoms with van der Waals surface area (Å²) < 4.78 is 0. The molecule has 0 saturated carbocycles. The molecule has 0 spiro atoms. The molecule has 0 bridgehead atoms. The van der Waals surface area contributed by atoms with Gasteiger partial charge in [-0.2, -0.15) is 6.20 Å². The van der Waals surface area contributed by atoms with Crippen LogP contribution in [0.5, 0.6) is 0 Å². The molecule has 1 N–H and O–H groups in total. The number of nitrogens with zero attached hydrogens (tertiary/aromatic N) is 5. The molecule has 5 aromatic rings. The zero-order chi connectivity index (χ0) is 33.0. The second-order valence-electron chi connectivity index (χ2n) is 10.9. The fourth-order valence-electron chi connectivity index (χ4n) is 3.88. The Kier molecular flexibility index (Phi) is 19.2. The van der Waals surface area contributed by atoms with Crippen molar-refractivity contribution < 1.29 is 19.5 Å². The van der Waals surface area contributed by atoms with E-state index < -0.39 is 0 Å². The zero-order valence-electron chi connectivity index (χ0n) is 28.4. The summed E-state index contributed by atoms with van der Waals surface area (Å²) in [5.41, 5.74) is 18.9. The summed E-state index contributed by atoms with van der Waals surface area (Å²) in [5, 5.41) is 0. The van der Waals surface area contributed by atoms with Crippen molar-refractivity contribution in [3.63, 3.8) is 0 Å². The number of hydrogen-bond donors (Lipinski definition) is 0. The quantitative estimate of drug-likeness (QED) is 0.135. The van der Waals surface area contributed by atoms with Crippen LogP contribution in [0.15, 0.2) is 116 Å². The summed E-state index contributed by atoms with van der Waals surface area (Å²) >= 11 is 0. The summed E-state index contributed by atoms with van der Waals surface area (Å²) in [4.78, 5) is 21.4. The van der Waals surface area contributed by atoms with Crippen LogP contribution in [0.1, 0.15) is 60.7 Å². The zero-order valence-corrected chi connectivity index (χ0v) is 30.1. The first kappa shape index (κ1) is 39.7. The van der Waals surface area contributed by atoms with Crippen LogP contribution in [0, 0.1) is 34.6 Å². The Morgan fingerprint density at radius 3 is 1.15 bits per heavy atom. The molecule has 0 unspecified atom stereocenters. The molecule has 0 amide bonds. The average molecular weight is 701 g/mol. The number of nitrogens with one attached hydrogen (secondary N) is 1. The molecule has 6 nitrogen and oxygen atoms in total. The minimum absolute atomic E-state index is 0. The largest absolute Gasteiger partial charge is 1.00 e. The standard InChI is InChI=1S/2C12H12N2.C12H15N2.C3H8.Ru/c2*1-9-3-5-13-11(7-9)12-8-10(2)4-6-14-12;1-10(5-7-13)3-4-12-9-11(2)6-8-14-12;1-3-2;/h2*3-8H,1-2H3;3,5-9,13H,4H2,1-2H3;3H2,1-2H3;/q;;-1;;+1/b;;7-5-,10-3-;;. The first-order chi connectivity index (χ1) is 21.6. The number of aromatic nitrogens is 5. The van der Waals surface area contributed by atoms with E-state index in [4.69, 9.17) is 5.73 Å². The number of aryl methyl sites for hydroxylation is 5. The predicted molar refractivity (Wildman–Crippen MR) is 190 cm³/mol. The topological polar surface area (TPSA) is 88.2 Å². The monoisotopic (exact) mass is 701 g/mol. The molecule has 5 heterocycles. The van der Waals surface area contributed by atoms with E-state index in [-0.39, 0.29) is 19.5 Å². The van der Waals surface area contributed by atoms with E-state index in [9.17, 15) is 0 Å². The van der Waals surface area contributed by atoms with Crippen molar-refractivity contribution in [2.45, 2.75) is 68.2 Å². The molecule has 1 radical (unpaired) electrons. The van der Waals surface area contributed by atoms with Gasteiger partial charge in [0.15, 0.2) is 0 Å². The Bertz CT molecular complexity index is 1490. The van der Waals surface area contributed by atoms with Gasteiger partial charge in [-0.25, -0.2) is 0 Å². The van der Waals surface area contributed by atoms with Gasteiger partial charge in [-0.15, -0.1) is 0 Å². The van der Waals surface area contributed by atoms with Crippen molar-refractivity contribution in [3.05, 3.63) is 155 Å². The van der Waals surface area contributed by atoms with Gasteiger partial charge in [0.05, 0.1) is 22.8 Å². The predicted octanol–water partition coefficient (Wildman–Crippen LogP) is 10.4. The van der Waals surface area contributed by atoms with Crippen LogP contribution in [-0.2, 0) is 25.9 Å². The maximum Gasteiger partial charge on any atom is 1.00 e. The Balaban J connectivity index is 0.000000327. The maximum absolute atomic E-state index is 6.91. The molecule has 0 aliphatic carbocycles. The van der Waals surface area contributed by atoms with Crippen molar-refractivity contribution in [2.75, 3.05) is 0 Å². The Labute approximate surface area is 289 Å². The van der Waals surface area contributed by atoms with Crippen molar-refractivity contribution in [3.8, 4) is 22.8 Å². The van der Waals surface area contributed by atoms with Gasteiger partial charge in [0.1, 0.15) is 0 Å². The van der Waals surface area contributed by atoms with Crippen molar-refractivity contribution in [1.29, 1.82) is 0 Å². The molecule has 0 aromatic carbocycles. The van der Waals surface area contributed by atoms with Crippen LogP contribution >= 0.6 is 0 Å². The number of allylic oxidation sites excluding steroid dienone is 3. The average Bonchev–Trinajstić information content (AvgIpc) is 3.01. The van der Waals surface area contributed by atoms with Crippen molar-refractivity contribution in [2.24, 2.45) is 0 Å². The van der Waals surface area contributed by atoms with Gasteiger partial charge in [0.2, 0.25) is 0 Å². The van der Waals surface area contributed by atoms with Gasteiger partial charge < -0.3 is 5.73 Å². The number of rotatable bonds is 5. The van der Waals surface area contributed by atoms with E-state index in [2.05, 4.69) is 85.5 Å². The van der Waals surface area contributed by atoms with Crippen molar-refractivity contribution in [1.82, 2.24) is 24.9 Å². The second-order valence-corrected chi connectivity index (χ2v) is 10.9.